The molecule has 2 aromatic heterocycles. The molecule has 8 nitrogen and oxygen atoms in total. The molecular weight excluding hydrogens is 394 g/mol. The fraction of sp³-hybridized carbons (Fsp3) is 0.304. The Morgan fingerprint density at radius 1 is 1.10 bits per heavy atom. The molecule has 31 heavy (non-hydrogen) atoms. The fourth-order valence-corrected chi connectivity index (χ4v) is 3.90. The molecular formula is C23H27N5O3. The minimum atomic E-state index is -0.250. The van der Waals surface area contributed by atoms with Crippen LogP contribution in [-0.2, 0) is 24.7 Å². The molecule has 3 heterocycles. The van der Waals surface area contributed by atoms with Crippen LogP contribution in [0.1, 0.15) is 21.6 Å². The maximum Gasteiger partial charge on any atom is 0.290 e. The van der Waals surface area contributed by atoms with Crippen LogP contribution in [0.2, 0.25) is 0 Å². The zero-order valence-electron chi connectivity index (χ0n) is 18.0. The van der Waals surface area contributed by atoms with E-state index < -0.39 is 0 Å². The molecule has 1 aliphatic heterocycles. The molecule has 3 aromatic rings. The second-order valence-corrected chi connectivity index (χ2v) is 7.43. The molecule has 0 aliphatic carbocycles. The summed E-state index contributed by atoms with van der Waals surface area (Å²) in [5.41, 5.74) is 5.28. The lowest BCUT2D eigenvalue weighted by molar-refractivity contribution is -0.122. The summed E-state index contributed by atoms with van der Waals surface area (Å²) in [5, 5.41) is 11.7. The number of fused-ring (bicyclic) bond motifs is 1. The van der Waals surface area contributed by atoms with Crippen molar-refractivity contribution in [2.75, 3.05) is 32.1 Å². The lowest BCUT2D eigenvalue weighted by Crippen LogP contribution is -2.34. The SMILES string of the molecule is CN(C)c1ncccc1C(=O)N1CCc2c(-c3ccccc3)nn(C)c2CC1.O=CO. The van der Waals surface area contributed by atoms with Gasteiger partial charge in [0.05, 0.1) is 11.3 Å². The van der Waals surface area contributed by atoms with Gasteiger partial charge in [0.2, 0.25) is 0 Å². The topological polar surface area (TPSA) is 91.6 Å². The number of nitrogens with zero attached hydrogens (tertiary/aromatic N) is 5. The van der Waals surface area contributed by atoms with Crippen LogP contribution in [0, 0.1) is 0 Å². The monoisotopic (exact) mass is 421 g/mol. The molecule has 1 aliphatic rings. The maximum absolute atomic E-state index is 13.2. The summed E-state index contributed by atoms with van der Waals surface area (Å²) in [6.45, 7) is 1.11. The van der Waals surface area contributed by atoms with Crippen molar-refractivity contribution in [3.8, 4) is 11.3 Å². The molecule has 0 saturated carbocycles. The summed E-state index contributed by atoms with van der Waals surface area (Å²) in [4.78, 5) is 29.8. The van der Waals surface area contributed by atoms with Gasteiger partial charge in [0, 0.05) is 63.7 Å². The Morgan fingerprint density at radius 3 is 2.45 bits per heavy atom. The van der Waals surface area contributed by atoms with Crippen molar-refractivity contribution in [1.82, 2.24) is 19.7 Å². The van der Waals surface area contributed by atoms with Crippen LogP contribution in [-0.4, -0.2) is 64.3 Å². The van der Waals surface area contributed by atoms with Crippen LogP contribution in [0.3, 0.4) is 0 Å². The minimum absolute atomic E-state index is 0.0406. The third-order valence-electron chi connectivity index (χ3n) is 5.30. The summed E-state index contributed by atoms with van der Waals surface area (Å²) in [6.07, 6.45) is 3.33. The highest BCUT2D eigenvalue weighted by Gasteiger charge is 2.26. The van der Waals surface area contributed by atoms with E-state index in [0.717, 1.165) is 24.1 Å². The highest BCUT2D eigenvalue weighted by atomic mass is 16.3. The number of hydrogen-bond acceptors (Lipinski definition) is 5. The number of carbonyl (C=O) groups excluding carboxylic acids is 1. The Bertz CT molecular complexity index is 1050. The Morgan fingerprint density at radius 2 is 1.77 bits per heavy atom. The molecule has 0 atom stereocenters. The summed E-state index contributed by atoms with van der Waals surface area (Å²) in [5.74, 6) is 0.750. The Balaban J connectivity index is 0.000000858. The van der Waals surface area contributed by atoms with Crippen molar-refractivity contribution in [2.45, 2.75) is 12.8 Å². The number of anilines is 1. The second-order valence-electron chi connectivity index (χ2n) is 7.43. The van der Waals surface area contributed by atoms with Gasteiger partial charge in [-0.2, -0.15) is 5.10 Å². The van der Waals surface area contributed by atoms with Crippen LogP contribution >= 0.6 is 0 Å². The van der Waals surface area contributed by atoms with Gasteiger partial charge in [-0.25, -0.2) is 4.98 Å². The Kier molecular flexibility index (Phi) is 7.02. The molecule has 162 valence electrons. The average molecular weight is 422 g/mol. The fourth-order valence-electron chi connectivity index (χ4n) is 3.90. The Hall–Kier alpha value is -3.68. The summed E-state index contributed by atoms with van der Waals surface area (Å²) in [6, 6.07) is 14.0. The highest BCUT2D eigenvalue weighted by Crippen LogP contribution is 2.28. The smallest absolute Gasteiger partial charge is 0.290 e. The molecule has 0 fully saturated rings. The lowest BCUT2D eigenvalue weighted by Gasteiger charge is -2.23. The third kappa shape index (κ3) is 4.74. The van der Waals surface area contributed by atoms with Crippen LogP contribution < -0.4 is 4.90 Å². The first kappa shape index (κ1) is 22.0. The van der Waals surface area contributed by atoms with E-state index in [4.69, 9.17) is 15.0 Å². The molecule has 4 rings (SSSR count). The number of pyridine rings is 1. The summed E-state index contributed by atoms with van der Waals surface area (Å²) < 4.78 is 1.97. The van der Waals surface area contributed by atoms with E-state index in [1.54, 1.807) is 6.20 Å². The van der Waals surface area contributed by atoms with Gasteiger partial charge in [0.25, 0.3) is 12.4 Å². The number of aryl methyl sites for hydroxylation is 1. The van der Waals surface area contributed by atoms with Gasteiger partial charge in [0.15, 0.2) is 0 Å². The predicted octanol–water partition coefficient (Wildman–Crippen LogP) is 2.49. The molecule has 8 heteroatoms. The van der Waals surface area contributed by atoms with E-state index in [1.807, 2.05) is 66.0 Å². The Labute approximate surface area is 181 Å². The van der Waals surface area contributed by atoms with Gasteiger partial charge in [-0.3, -0.25) is 14.3 Å². The zero-order valence-corrected chi connectivity index (χ0v) is 18.0. The van der Waals surface area contributed by atoms with Crippen LogP contribution in [0.4, 0.5) is 5.82 Å². The van der Waals surface area contributed by atoms with Crippen LogP contribution in [0.25, 0.3) is 11.3 Å². The van der Waals surface area contributed by atoms with E-state index >= 15 is 0 Å². The normalized spacial score (nSPS) is 12.8. The predicted molar refractivity (Wildman–Crippen MR) is 119 cm³/mol. The first-order valence-electron chi connectivity index (χ1n) is 10.1. The molecule has 1 amide bonds. The molecule has 0 unspecified atom stereocenters. The first-order valence-corrected chi connectivity index (χ1v) is 10.1. The number of hydrogen-bond donors (Lipinski definition) is 1. The lowest BCUT2D eigenvalue weighted by atomic mass is 10.0. The van der Waals surface area contributed by atoms with Gasteiger partial charge in [-0.1, -0.05) is 30.3 Å². The number of aromatic nitrogens is 3. The van der Waals surface area contributed by atoms with Crippen LogP contribution in [0.5, 0.6) is 0 Å². The van der Waals surface area contributed by atoms with E-state index in [-0.39, 0.29) is 12.4 Å². The van der Waals surface area contributed by atoms with Crippen molar-refractivity contribution >= 4 is 18.2 Å². The summed E-state index contributed by atoms with van der Waals surface area (Å²) in [7, 11) is 5.82. The van der Waals surface area contributed by atoms with Crippen molar-refractivity contribution in [3.63, 3.8) is 0 Å². The number of benzene rings is 1. The largest absolute Gasteiger partial charge is 0.483 e. The molecule has 0 saturated heterocycles. The molecule has 1 aromatic carbocycles. The van der Waals surface area contributed by atoms with Crippen molar-refractivity contribution in [3.05, 3.63) is 65.5 Å². The van der Waals surface area contributed by atoms with Crippen LogP contribution in [0.15, 0.2) is 48.7 Å². The number of rotatable bonds is 3. The minimum Gasteiger partial charge on any atom is -0.483 e. The van der Waals surface area contributed by atoms with Crippen molar-refractivity contribution in [1.29, 1.82) is 0 Å². The maximum atomic E-state index is 13.2. The zero-order chi connectivity index (χ0) is 22.4. The van der Waals surface area contributed by atoms with E-state index in [1.165, 1.54) is 11.3 Å². The molecule has 0 radical (unpaired) electrons. The average Bonchev–Trinajstić information content (AvgIpc) is 2.95. The number of amides is 1. The van der Waals surface area contributed by atoms with E-state index in [9.17, 15) is 4.79 Å². The van der Waals surface area contributed by atoms with Gasteiger partial charge in [0.1, 0.15) is 5.82 Å². The number of carbonyl (C=O) groups is 2. The molecule has 0 spiro atoms. The van der Waals surface area contributed by atoms with E-state index in [0.29, 0.717) is 24.5 Å². The van der Waals surface area contributed by atoms with Gasteiger partial charge >= 0.3 is 0 Å². The van der Waals surface area contributed by atoms with Gasteiger partial charge in [-0.15, -0.1) is 0 Å². The van der Waals surface area contributed by atoms with E-state index in [2.05, 4.69) is 17.1 Å². The number of carboxylic acid groups (broad SMARTS) is 1. The van der Waals surface area contributed by atoms with Crippen molar-refractivity contribution < 1.29 is 14.7 Å². The van der Waals surface area contributed by atoms with Crippen molar-refractivity contribution in [2.24, 2.45) is 7.05 Å². The summed E-state index contributed by atoms with van der Waals surface area (Å²) >= 11 is 0. The molecule has 0 bridgehead atoms. The van der Waals surface area contributed by atoms with Gasteiger partial charge < -0.3 is 14.9 Å². The standard InChI is InChI=1S/C22H25N5O.CH2O2/c1-25(2)21-18(10-7-13-23-21)22(28)27-14-11-17-19(12-15-27)26(3)24-20(17)16-8-5-4-6-9-16;2-1-3/h4-10,13H,11-12,14-15H2,1-3H3;1H,(H,2,3). The molecule has 1 N–H and O–H groups in total. The first-order chi connectivity index (χ1) is 15.0. The quantitative estimate of drug-likeness (QED) is 0.654. The highest BCUT2D eigenvalue weighted by molar-refractivity contribution is 5.99. The second kappa shape index (κ2) is 9.88. The van der Waals surface area contributed by atoms with Gasteiger partial charge in [-0.05, 0) is 18.6 Å². The third-order valence-corrected chi connectivity index (χ3v) is 5.30.